The Morgan fingerprint density at radius 3 is 2.62 bits per heavy atom. The third kappa shape index (κ3) is 6.28. The molecule has 0 aliphatic carbocycles. The topological polar surface area (TPSA) is 48.5 Å². The Morgan fingerprint density at radius 1 is 1.12 bits per heavy atom. The summed E-state index contributed by atoms with van der Waals surface area (Å²) in [7, 11) is 0. The second-order valence-electron chi connectivity index (χ2n) is 8.09. The van der Waals surface area contributed by atoms with Crippen LogP contribution in [0.15, 0.2) is 53.9 Å². The number of anilines is 2. The van der Waals surface area contributed by atoms with E-state index in [1.807, 2.05) is 17.5 Å². The molecule has 0 radical (unpaired) electrons. The number of hydrogen-bond acceptors (Lipinski definition) is 4. The van der Waals surface area contributed by atoms with E-state index >= 15 is 0 Å². The van der Waals surface area contributed by atoms with Crippen molar-refractivity contribution in [3.8, 4) is 11.3 Å². The van der Waals surface area contributed by atoms with Gasteiger partial charge in [-0.3, -0.25) is 4.90 Å². The molecule has 0 unspecified atom stereocenters. The average molecular weight is 509 g/mol. The van der Waals surface area contributed by atoms with Gasteiger partial charge >= 0.3 is 12.2 Å². The number of benzene rings is 2. The summed E-state index contributed by atoms with van der Waals surface area (Å²) in [4.78, 5) is 21.6. The highest BCUT2D eigenvalue weighted by Gasteiger charge is 2.31. The number of urea groups is 1. The minimum Gasteiger partial charge on any atom is -0.307 e. The minimum absolute atomic E-state index is 0.0782. The van der Waals surface area contributed by atoms with Crippen LogP contribution >= 0.6 is 22.9 Å². The lowest BCUT2D eigenvalue weighted by Gasteiger charge is -2.29. The second kappa shape index (κ2) is 10.8. The number of rotatable bonds is 6. The molecule has 0 atom stereocenters. The molecule has 5 nitrogen and oxygen atoms in total. The largest absolute Gasteiger partial charge is 0.416 e. The summed E-state index contributed by atoms with van der Waals surface area (Å²) in [6, 6.07) is 11.4. The number of aromatic nitrogens is 1. The van der Waals surface area contributed by atoms with Gasteiger partial charge in [-0.05, 0) is 56.3 Å². The number of thiazole rings is 1. The molecule has 34 heavy (non-hydrogen) atoms. The van der Waals surface area contributed by atoms with Gasteiger partial charge in [-0.25, -0.2) is 9.78 Å². The van der Waals surface area contributed by atoms with Crippen molar-refractivity contribution in [2.75, 3.05) is 36.4 Å². The molecule has 10 heteroatoms. The summed E-state index contributed by atoms with van der Waals surface area (Å²) in [5.41, 5.74) is 0.763. The molecule has 1 fully saturated rings. The predicted octanol–water partition coefficient (Wildman–Crippen LogP) is 7.01. The van der Waals surface area contributed by atoms with Crippen LogP contribution in [0, 0.1) is 0 Å². The fourth-order valence-electron chi connectivity index (χ4n) is 3.84. The molecule has 3 aromatic rings. The SMILES string of the molecule is O=C(Nc1cccc(C(F)(F)F)c1)N(CCN1CCCCC1)c1nc(-c2cccc(Cl)c2)cs1. The number of nitrogens with zero attached hydrogens (tertiary/aromatic N) is 3. The molecule has 4 rings (SSSR count). The molecule has 1 aliphatic heterocycles. The maximum absolute atomic E-state index is 13.2. The lowest BCUT2D eigenvalue weighted by molar-refractivity contribution is -0.137. The molecule has 0 bridgehead atoms. The third-order valence-electron chi connectivity index (χ3n) is 5.62. The van der Waals surface area contributed by atoms with Crippen LogP contribution in [0.1, 0.15) is 24.8 Å². The van der Waals surface area contributed by atoms with Crippen LogP contribution in [-0.4, -0.2) is 42.1 Å². The van der Waals surface area contributed by atoms with E-state index in [9.17, 15) is 18.0 Å². The normalized spacial score (nSPS) is 14.7. The molecule has 1 N–H and O–H groups in total. The zero-order chi connectivity index (χ0) is 24.1. The summed E-state index contributed by atoms with van der Waals surface area (Å²) in [5.74, 6) is 0. The van der Waals surface area contributed by atoms with Gasteiger partial charge < -0.3 is 10.2 Å². The Balaban J connectivity index is 1.56. The first kappa shape index (κ1) is 24.5. The molecule has 1 aliphatic rings. The predicted molar refractivity (Wildman–Crippen MR) is 131 cm³/mol. The van der Waals surface area contributed by atoms with Crippen LogP contribution in [0.5, 0.6) is 0 Å². The number of amides is 2. The number of piperidine rings is 1. The number of nitrogens with one attached hydrogen (secondary N) is 1. The van der Waals surface area contributed by atoms with Crippen molar-refractivity contribution in [1.82, 2.24) is 9.88 Å². The van der Waals surface area contributed by atoms with Crippen molar-refractivity contribution >= 4 is 39.8 Å². The van der Waals surface area contributed by atoms with Gasteiger partial charge in [-0.15, -0.1) is 11.3 Å². The lowest BCUT2D eigenvalue weighted by Crippen LogP contribution is -2.42. The molecule has 2 amide bonds. The van der Waals surface area contributed by atoms with Crippen LogP contribution in [0.25, 0.3) is 11.3 Å². The quantitative estimate of drug-likeness (QED) is 0.389. The average Bonchev–Trinajstić information content (AvgIpc) is 3.29. The summed E-state index contributed by atoms with van der Waals surface area (Å²) < 4.78 is 39.3. The molecule has 2 aromatic carbocycles. The molecule has 0 spiro atoms. The van der Waals surface area contributed by atoms with Crippen LogP contribution < -0.4 is 10.2 Å². The van der Waals surface area contributed by atoms with Gasteiger partial charge in [0, 0.05) is 34.7 Å². The highest BCUT2D eigenvalue weighted by Crippen LogP contribution is 2.32. The number of alkyl halides is 3. The van der Waals surface area contributed by atoms with Crippen molar-refractivity contribution in [1.29, 1.82) is 0 Å². The first-order valence-corrected chi connectivity index (χ1v) is 12.2. The van der Waals surface area contributed by atoms with Crippen LogP contribution in [0.2, 0.25) is 5.02 Å². The maximum atomic E-state index is 13.2. The van der Waals surface area contributed by atoms with Gasteiger partial charge in [0.1, 0.15) is 0 Å². The number of carbonyl (C=O) groups is 1. The van der Waals surface area contributed by atoms with Crippen molar-refractivity contribution in [2.45, 2.75) is 25.4 Å². The van der Waals surface area contributed by atoms with Gasteiger partial charge in [0.2, 0.25) is 0 Å². The van der Waals surface area contributed by atoms with E-state index in [0.29, 0.717) is 28.9 Å². The lowest BCUT2D eigenvalue weighted by atomic mass is 10.1. The van der Waals surface area contributed by atoms with Gasteiger partial charge in [0.25, 0.3) is 0 Å². The van der Waals surface area contributed by atoms with Crippen LogP contribution in [0.4, 0.5) is 28.8 Å². The number of hydrogen-bond donors (Lipinski definition) is 1. The van der Waals surface area contributed by atoms with Gasteiger partial charge in [-0.1, -0.05) is 36.2 Å². The van der Waals surface area contributed by atoms with E-state index in [2.05, 4.69) is 15.2 Å². The maximum Gasteiger partial charge on any atom is 0.416 e. The Kier molecular flexibility index (Phi) is 7.75. The fourth-order valence-corrected chi connectivity index (χ4v) is 4.89. The summed E-state index contributed by atoms with van der Waals surface area (Å²) in [6.07, 6.45) is -1.05. The monoisotopic (exact) mass is 508 g/mol. The second-order valence-corrected chi connectivity index (χ2v) is 9.36. The molecule has 0 saturated carbocycles. The standard InChI is InChI=1S/C24H24ClF3N4OS/c25-19-8-4-6-17(14-19)21-16-34-23(30-21)32(13-12-31-10-2-1-3-11-31)22(33)29-20-9-5-7-18(15-20)24(26,27)28/h4-9,14-16H,1-3,10-13H2,(H,29,33). The number of carbonyl (C=O) groups excluding carboxylic acids is 1. The number of halogens is 4. The summed E-state index contributed by atoms with van der Waals surface area (Å²) in [6.45, 7) is 2.96. The van der Waals surface area contributed by atoms with E-state index in [1.54, 1.807) is 12.1 Å². The first-order chi connectivity index (χ1) is 16.3. The van der Waals surface area contributed by atoms with E-state index in [0.717, 1.165) is 43.6 Å². The number of likely N-dealkylation sites (tertiary alicyclic amines) is 1. The van der Waals surface area contributed by atoms with Crippen molar-refractivity contribution in [2.24, 2.45) is 0 Å². The third-order valence-corrected chi connectivity index (χ3v) is 6.72. The summed E-state index contributed by atoms with van der Waals surface area (Å²) in [5, 5.41) is 5.50. The Hall–Kier alpha value is -2.62. The van der Waals surface area contributed by atoms with E-state index < -0.39 is 17.8 Å². The first-order valence-electron chi connectivity index (χ1n) is 11.0. The van der Waals surface area contributed by atoms with Crippen molar-refractivity contribution in [3.05, 3.63) is 64.5 Å². The van der Waals surface area contributed by atoms with Gasteiger partial charge in [0.15, 0.2) is 5.13 Å². The molecule has 1 saturated heterocycles. The van der Waals surface area contributed by atoms with Crippen LogP contribution in [-0.2, 0) is 6.18 Å². The molecule has 2 heterocycles. The van der Waals surface area contributed by atoms with E-state index in [-0.39, 0.29) is 5.69 Å². The fraction of sp³-hybridized carbons (Fsp3) is 0.333. The smallest absolute Gasteiger partial charge is 0.307 e. The highest BCUT2D eigenvalue weighted by molar-refractivity contribution is 7.14. The zero-order valence-electron chi connectivity index (χ0n) is 18.3. The van der Waals surface area contributed by atoms with Gasteiger partial charge in [-0.2, -0.15) is 13.2 Å². The van der Waals surface area contributed by atoms with Crippen molar-refractivity contribution < 1.29 is 18.0 Å². The zero-order valence-corrected chi connectivity index (χ0v) is 19.9. The van der Waals surface area contributed by atoms with Gasteiger partial charge in [0.05, 0.1) is 11.3 Å². The highest BCUT2D eigenvalue weighted by atomic mass is 35.5. The molecular weight excluding hydrogens is 485 g/mol. The molecule has 180 valence electrons. The van der Waals surface area contributed by atoms with E-state index in [1.165, 1.54) is 34.8 Å². The van der Waals surface area contributed by atoms with Crippen molar-refractivity contribution in [3.63, 3.8) is 0 Å². The molecular formula is C24H24ClF3N4OS. The Labute approximate surface area is 205 Å². The summed E-state index contributed by atoms with van der Waals surface area (Å²) >= 11 is 7.40. The van der Waals surface area contributed by atoms with E-state index in [4.69, 9.17) is 11.6 Å². The minimum atomic E-state index is -4.49. The Bertz CT molecular complexity index is 1130. The Morgan fingerprint density at radius 2 is 1.88 bits per heavy atom. The van der Waals surface area contributed by atoms with Crippen LogP contribution in [0.3, 0.4) is 0 Å². The molecule has 1 aromatic heterocycles.